The molecule has 0 radical (unpaired) electrons. The summed E-state index contributed by atoms with van der Waals surface area (Å²) in [4.78, 5) is 12.8. The minimum atomic E-state index is -0.784. The molecule has 0 amide bonds. The van der Waals surface area contributed by atoms with Crippen molar-refractivity contribution in [3.63, 3.8) is 0 Å². The first-order valence-corrected chi connectivity index (χ1v) is 7.45. The fraction of sp³-hybridized carbons (Fsp3) is 0.600. The quantitative estimate of drug-likeness (QED) is 0.685. The van der Waals surface area contributed by atoms with Crippen LogP contribution in [0.1, 0.15) is 25.7 Å². The highest BCUT2D eigenvalue weighted by atomic mass is 19.1. The number of benzene rings is 1. The van der Waals surface area contributed by atoms with Crippen molar-refractivity contribution in [2.24, 2.45) is 5.92 Å². The van der Waals surface area contributed by atoms with Crippen LogP contribution in [0.15, 0.2) is 18.2 Å². The monoisotopic (exact) mass is 293 g/mol. The highest BCUT2D eigenvalue weighted by Gasteiger charge is 2.38. The summed E-state index contributed by atoms with van der Waals surface area (Å²) in [6.07, 6.45) is 4.72. The fourth-order valence-electron chi connectivity index (χ4n) is 3.79. The lowest BCUT2D eigenvalue weighted by Gasteiger charge is -2.36. The van der Waals surface area contributed by atoms with Crippen molar-refractivity contribution >= 4 is 11.4 Å². The predicted molar refractivity (Wildman–Crippen MR) is 78.8 cm³/mol. The summed E-state index contributed by atoms with van der Waals surface area (Å²) in [6, 6.07) is 5.48. The van der Waals surface area contributed by atoms with Gasteiger partial charge in [-0.1, -0.05) is 6.07 Å². The number of nitro groups is 1. The highest BCUT2D eigenvalue weighted by Crippen LogP contribution is 2.37. The van der Waals surface area contributed by atoms with E-state index in [1.807, 2.05) is 0 Å². The Kier molecular flexibility index (Phi) is 3.80. The van der Waals surface area contributed by atoms with Crippen molar-refractivity contribution in [1.82, 2.24) is 4.90 Å². The van der Waals surface area contributed by atoms with Crippen LogP contribution in [0.3, 0.4) is 0 Å². The van der Waals surface area contributed by atoms with Gasteiger partial charge in [0.2, 0.25) is 5.82 Å². The van der Waals surface area contributed by atoms with E-state index in [2.05, 4.69) is 17.3 Å². The van der Waals surface area contributed by atoms with Gasteiger partial charge in [-0.25, -0.2) is 0 Å². The molecule has 2 saturated heterocycles. The van der Waals surface area contributed by atoms with Crippen molar-refractivity contribution in [2.45, 2.75) is 37.8 Å². The van der Waals surface area contributed by atoms with E-state index in [1.165, 1.54) is 18.9 Å². The Labute approximate surface area is 123 Å². The lowest BCUT2D eigenvalue weighted by molar-refractivity contribution is -0.386. The lowest BCUT2D eigenvalue weighted by Crippen LogP contribution is -2.41. The Bertz CT molecular complexity index is 538. The SMILES string of the molecule is CN1C2CCC1CC(CNc1cccc(F)c1[N+](=O)[O-])C2. The van der Waals surface area contributed by atoms with Crippen molar-refractivity contribution in [1.29, 1.82) is 0 Å². The van der Waals surface area contributed by atoms with Crippen LogP contribution in [-0.2, 0) is 0 Å². The first-order valence-electron chi connectivity index (χ1n) is 7.45. The third kappa shape index (κ3) is 2.72. The normalized spacial score (nSPS) is 28.6. The topological polar surface area (TPSA) is 58.4 Å². The molecule has 2 aliphatic rings. The molecule has 2 bridgehead atoms. The van der Waals surface area contributed by atoms with E-state index in [0.29, 0.717) is 24.5 Å². The zero-order valence-electron chi connectivity index (χ0n) is 12.1. The lowest BCUT2D eigenvalue weighted by atomic mass is 9.91. The van der Waals surface area contributed by atoms with E-state index < -0.39 is 16.4 Å². The fourth-order valence-corrected chi connectivity index (χ4v) is 3.79. The second-order valence-electron chi connectivity index (χ2n) is 6.16. The first-order chi connectivity index (χ1) is 10.1. The summed E-state index contributed by atoms with van der Waals surface area (Å²) in [5.74, 6) is -0.282. The van der Waals surface area contributed by atoms with Crippen LogP contribution in [0.5, 0.6) is 0 Å². The summed E-state index contributed by atoms with van der Waals surface area (Å²) in [7, 11) is 2.18. The van der Waals surface area contributed by atoms with Gasteiger partial charge in [-0.3, -0.25) is 10.1 Å². The molecule has 5 nitrogen and oxygen atoms in total. The standard InChI is InChI=1S/C15H20FN3O2/c1-18-11-5-6-12(18)8-10(7-11)9-17-14-4-2-3-13(16)15(14)19(20)21/h2-4,10-12,17H,5-9H2,1H3. The Morgan fingerprint density at radius 3 is 2.67 bits per heavy atom. The van der Waals surface area contributed by atoms with Gasteiger partial charge in [0, 0.05) is 18.6 Å². The number of hydrogen-bond acceptors (Lipinski definition) is 4. The molecule has 114 valence electrons. The molecule has 2 fully saturated rings. The zero-order chi connectivity index (χ0) is 15.0. The van der Waals surface area contributed by atoms with Gasteiger partial charge in [0.25, 0.3) is 0 Å². The van der Waals surface area contributed by atoms with Crippen LogP contribution in [0.4, 0.5) is 15.8 Å². The summed E-state index contributed by atoms with van der Waals surface area (Å²) >= 11 is 0. The summed E-state index contributed by atoms with van der Waals surface area (Å²) < 4.78 is 13.6. The molecule has 0 aromatic heterocycles. The van der Waals surface area contributed by atoms with Gasteiger partial charge >= 0.3 is 5.69 Å². The molecule has 2 aliphatic heterocycles. The van der Waals surface area contributed by atoms with Crippen LogP contribution in [-0.4, -0.2) is 35.5 Å². The number of nitro benzene ring substituents is 1. The van der Waals surface area contributed by atoms with Crippen LogP contribution < -0.4 is 5.32 Å². The molecule has 0 spiro atoms. The van der Waals surface area contributed by atoms with Crippen molar-refractivity contribution in [3.8, 4) is 0 Å². The van der Waals surface area contributed by atoms with Crippen molar-refractivity contribution in [2.75, 3.05) is 18.9 Å². The number of nitrogens with one attached hydrogen (secondary N) is 1. The van der Waals surface area contributed by atoms with Crippen LogP contribution in [0.2, 0.25) is 0 Å². The van der Waals surface area contributed by atoms with E-state index in [-0.39, 0.29) is 5.69 Å². The molecule has 0 aliphatic carbocycles. The highest BCUT2D eigenvalue weighted by molar-refractivity contribution is 5.61. The first kappa shape index (κ1) is 14.3. The maximum atomic E-state index is 13.6. The minimum Gasteiger partial charge on any atom is -0.379 e. The molecule has 2 heterocycles. The van der Waals surface area contributed by atoms with Gasteiger partial charge in [0.15, 0.2) is 0 Å². The molecule has 2 unspecified atom stereocenters. The van der Waals surface area contributed by atoms with Gasteiger partial charge in [-0.2, -0.15) is 4.39 Å². The van der Waals surface area contributed by atoms with Crippen molar-refractivity contribution < 1.29 is 9.31 Å². The maximum absolute atomic E-state index is 13.6. The molecule has 0 saturated carbocycles. The van der Waals surface area contributed by atoms with E-state index in [0.717, 1.165) is 18.9 Å². The van der Waals surface area contributed by atoms with Crippen molar-refractivity contribution in [3.05, 3.63) is 34.1 Å². The Hall–Kier alpha value is -1.69. The van der Waals surface area contributed by atoms with E-state index in [1.54, 1.807) is 6.07 Å². The number of anilines is 1. The van der Waals surface area contributed by atoms with Crippen LogP contribution in [0.25, 0.3) is 0 Å². The number of hydrogen-bond donors (Lipinski definition) is 1. The Morgan fingerprint density at radius 1 is 1.38 bits per heavy atom. The molecular formula is C15H20FN3O2. The van der Waals surface area contributed by atoms with E-state index >= 15 is 0 Å². The van der Waals surface area contributed by atoms with Gasteiger partial charge < -0.3 is 10.2 Å². The molecule has 2 atom stereocenters. The average molecular weight is 293 g/mol. The second-order valence-corrected chi connectivity index (χ2v) is 6.16. The van der Waals surface area contributed by atoms with Crippen LogP contribution >= 0.6 is 0 Å². The zero-order valence-corrected chi connectivity index (χ0v) is 12.1. The number of piperidine rings is 1. The van der Waals surface area contributed by atoms with Crippen LogP contribution in [0, 0.1) is 21.8 Å². The Balaban J connectivity index is 1.66. The second kappa shape index (κ2) is 5.60. The predicted octanol–water partition coefficient (Wildman–Crippen LogP) is 3.02. The number of fused-ring (bicyclic) bond motifs is 2. The van der Waals surface area contributed by atoms with Gasteiger partial charge in [-0.15, -0.1) is 0 Å². The van der Waals surface area contributed by atoms with Gasteiger partial charge in [0.05, 0.1) is 4.92 Å². The largest absolute Gasteiger partial charge is 0.379 e. The Morgan fingerprint density at radius 2 is 2.05 bits per heavy atom. The van der Waals surface area contributed by atoms with E-state index in [9.17, 15) is 14.5 Å². The summed E-state index contributed by atoms with van der Waals surface area (Å²) in [5.41, 5.74) is -0.167. The third-order valence-electron chi connectivity index (χ3n) is 4.95. The summed E-state index contributed by atoms with van der Waals surface area (Å²) in [6.45, 7) is 0.672. The van der Waals surface area contributed by atoms with Gasteiger partial charge in [0.1, 0.15) is 5.69 Å². The smallest absolute Gasteiger partial charge is 0.327 e. The maximum Gasteiger partial charge on any atom is 0.327 e. The molecule has 6 heteroatoms. The van der Waals surface area contributed by atoms with E-state index in [4.69, 9.17) is 0 Å². The number of para-hydroxylation sites is 1. The molecule has 3 rings (SSSR count). The molecule has 1 aromatic rings. The number of halogens is 1. The molecule has 1 aromatic carbocycles. The molecule has 21 heavy (non-hydrogen) atoms. The molecule has 1 N–H and O–H groups in total. The number of rotatable bonds is 4. The number of nitrogens with zero attached hydrogens (tertiary/aromatic N) is 2. The molecular weight excluding hydrogens is 273 g/mol. The average Bonchev–Trinajstić information content (AvgIpc) is 2.67. The van der Waals surface area contributed by atoms with Gasteiger partial charge in [-0.05, 0) is 50.8 Å². The summed E-state index contributed by atoms with van der Waals surface area (Å²) in [5, 5.41) is 14.1. The minimum absolute atomic E-state index is 0.284. The third-order valence-corrected chi connectivity index (χ3v) is 4.95.